The standard InChI is InChI=1S/C9H13ClN2O/c10-5-8-6-11-12(7-8)9-1-3-13-4-2-9/h6-7,9H,1-5H2. The Bertz CT molecular complexity index is 268. The van der Waals surface area contributed by atoms with Gasteiger partial charge in [0.05, 0.1) is 18.1 Å². The van der Waals surface area contributed by atoms with Crippen LogP contribution in [0.2, 0.25) is 0 Å². The third-order valence-corrected chi connectivity index (χ3v) is 2.68. The van der Waals surface area contributed by atoms with Gasteiger partial charge in [-0.2, -0.15) is 5.10 Å². The molecule has 1 aromatic heterocycles. The lowest BCUT2D eigenvalue weighted by molar-refractivity contribution is 0.0662. The smallest absolute Gasteiger partial charge is 0.0563 e. The van der Waals surface area contributed by atoms with Crippen LogP contribution in [0.5, 0.6) is 0 Å². The van der Waals surface area contributed by atoms with Gasteiger partial charge < -0.3 is 4.74 Å². The van der Waals surface area contributed by atoms with Crippen LogP contribution in [-0.2, 0) is 10.6 Å². The molecule has 1 aromatic rings. The Labute approximate surface area is 82.6 Å². The van der Waals surface area contributed by atoms with Gasteiger partial charge in [0, 0.05) is 25.0 Å². The van der Waals surface area contributed by atoms with Gasteiger partial charge in [0.15, 0.2) is 0 Å². The number of nitrogens with zero attached hydrogens (tertiary/aromatic N) is 2. The fraction of sp³-hybridized carbons (Fsp3) is 0.667. The fourth-order valence-corrected chi connectivity index (χ4v) is 1.73. The SMILES string of the molecule is ClCc1cnn(C2CCOCC2)c1. The minimum absolute atomic E-state index is 0.505. The minimum atomic E-state index is 0.505. The van der Waals surface area contributed by atoms with Crippen LogP contribution in [0.15, 0.2) is 12.4 Å². The first-order valence-corrected chi connectivity index (χ1v) is 5.10. The summed E-state index contributed by atoms with van der Waals surface area (Å²) in [6, 6.07) is 0.505. The highest BCUT2D eigenvalue weighted by Gasteiger charge is 2.15. The highest BCUT2D eigenvalue weighted by Crippen LogP contribution is 2.20. The Balaban J connectivity index is 2.05. The van der Waals surface area contributed by atoms with Crippen LogP contribution in [-0.4, -0.2) is 23.0 Å². The molecule has 13 heavy (non-hydrogen) atoms. The summed E-state index contributed by atoms with van der Waals surface area (Å²) in [6.07, 6.45) is 5.98. The molecule has 1 saturated heterocycles. The Morgan fingerprint density at radius 2 is 2.31 bits per heavy atom. The maximum Gasteiger partial charge on any atom is 0.0563 e. The van der Waals surface area contributed by atoms with Crippen molar-refractivity contribution in [1.82, 2.24) is 9.78 Å². The van der Waals surface area contributed by atoms with Gasteiger partial charge in [-0.15, -0.1) is 11.6 Å². The zero-order chi connectivity index (χ0) is 9.10. The van der Waals surface area contributed by atoms with Crippen molar-refractivity contribution in [2.75, 3.05) is 13.2 Å². The summed E-state index contributed by atoms with van der Waals surface area (Å²) >= 11 is 5.70. The Morgan fingerprint density at radius 3 is 2.92 bits per heavy atom. The van der Waals surface area contributed by atoms with Gasteiger partial charge in [-0.3, -0.25) is 4.68 Å². The Kier molecular flexibility index (Phi) is 2.86. The molecule has 0 radical (unpaired) electrons. The van der Waals surface area contributed by atoms with Gasteiger partial charge in [-0.05, 0) is 12.8 Å². The second kappa shape index (κ2) is 4.11. The monoisotopic (exact) mass is 200 g/mol. The number of rotatable bonds is 2. The third kappa shape index (κ3) is 2.03. The van der Waals surface area contributed by atoms with E-state index in [4.69, 9.17) is 16.3 Å². The first-order valence-electron chi connectivity index (χ1n) is 4.57. The predicted molar refractivity (Wildman–Crippen MR) is 50.9 cm³/mol. The number of halogens is 1. The quantitative estimate of drug-likeness (QED) is 0.683. The van der Waals surface area contributed by atoms with E-state index in [1.807, 2.05) is 17.1 Å². The molecule has 2 heterocycles. The largest absolute Gasteiger partial charge is 0.381 e. The molecule has 1 aliphatic heterocycles. The number of hydrogen-bond donors (Lipinski definition) is 0. The van der Waals surface area contributed by atoms with Crippen LogP contribution < -0.4 is 0 Å². The molecule has 0 N–H and O–H groups in total. The van der Waals surface area contributed by atoms with E-state index in [9.17, 15) is 0 Å². The van der Waals surface area contributed by atoms with E-state index in [2.05, 4.69) is 5.10 Å². The molecule has 0 unspecified atom stereocenters. The number of aromatic nitrogens is 2. The average molecular weight is 201 g/mol. The van der Waals surface area contributed by atoms with Gasteiger partial charge in [0.1, 0.15) is 0 Å². The van der Waals surface area contributed by atoms with E-state index >= 15 is 0 Å². The Hall–Kier alpha value is -0.540. The van der Waals surface area contributed by atoms with Gasteiger partial charge in [-0.25, -0.2) is 0 Å². The van der Waals surface area contributed by atoms with E-state index in [0.29, 0.717) is 11.9 Å². The summed E-state index contributed by atoms with van der Waals surface area (Å²) in [6.45, 7) is 1.70. The lowest BCUT2D eigenvalue weighted by Crippen LogP contribution is -2.19. The average Bonchev–Trinajstić information content (AvgIpc) is 2.67. The zero-order valence-electron chi connectivity index (χ0n) is 7.45. The summed E-state index contributed by atoms with van der Waals surface area (Å²) in [5.41, 5.74) is 1.09. The maximum absolute atomic E-state index is 5.70. The summed E-state index contributed by atoms with van der Waals surface area (Å²) in [7, 11) is 0. The van der Waals surface area contributed by atoms with Gasteiger partial charge in [-0.1, -0.05) is 0 Å². The van der Waals surface area contributed by atoms with E-state index in [1.54, 1.807) is 0 Å². The molecular weight excluding hydrogens is 188 g/mol. The van der Waals surface area contributed by atoms with Crippen molar-refractivity contribution in [2.24, 2.45) is 0 Å². The summed E-state index contributed by atoms with van der Waals surface area (Å²) in [5.74, 6) is 0.545. The lowest BCUT2D eigenvalue weighted by atomic mass is 10.1. The number of hydrogen-bond acceptors (Lipinski definition) is 2. The first kappa shape index (κ1) is 9.03. The minimum Gasteiger partial charge on any atom is -0.381 e. The van der Waals surface area contributed by atoms with Crippen molar-refractivity contribution in [1.29, 1.82) is 0 Å². The highest BCUT2D eigenvalue weighted by atomic mass is 35.5. The first-order chi connectivity index (χ1) is 6.40. The summed E-state index contributed by atoms with van der Waals surface area (Å²) in [5, 5.41) is 4.29. The molecule has 1 fully saturated rings. The van der Waals surface area contributed by atoms with E-state index in [1.165, 1.54) is 0 Å². The normalized spacial score (nSPS) is 19.2. The van der Waals surface area contributed by atoms with Crippen molar-refractivity contribution < 1.29 is 4.74 Å². The second-order valence-electron chi connectivity index (χ2n) is 3.31. The molecule has 4 heteroatoms. The molecule has 3 nitrogen and oxygen atoms in total. The summed E-state index contributed by atoms with van der Waals surface area (Å²) < 4.78 is 7.30. The molecule has 0 aromatic carbocycles. The molecule has 0 saturated carbocycles. The molecule has 2 rings (SSSR count). The van der Waals surface area contributed by atoms with Crippen LogP contribution in [0.4, 0.5) is 0 Å². The van der Waals surface area contributed by atoms with Crippen LogP contribution in [0.3, 0.4) is 0 Å². The summed E-state index contributed by atoms with van der Waals surface area (Å²) in [4.78, 5) is 0. The molecular formula is C9H13ClN2O. The molecule has 0 aliphatic carbocycles. The molecule has 0 atom stereocenters. The topological polar surface area (TPSA) is 27.1 Å². The number of ether oxygens (including phenoxy) is 1. The van der Waals surface area contributed by atoms with Crippen molar-refractivity contribution in [3.63, 3.8) is 0 Å². The third-order valence-electron chi connectivity index (χ3n) is 2.37. The second-order valence-corrected chi connectivity index (χ2v) is 3.57. The van der Waals surface area contributed by atoms with E-state index in [0.717, 1.165) is 31.6 Å². The van der Waals surface area contributed by atoms with E-state index in [-0.39, 0.29) is 0 Å². The predicted octanol–water partition coefficient (Wildman–Crippen LogP) is 1.97. The Morgan fingerprint density at radius 1 is 1.54 bits per heavy atom. The van der Waals surface area contributed by atoms with Crippen molar-refractivity contribution in [2.45, 2.75) is 24.8 Å². The van der Waals surface area contributed by atoms with Crippen LogP contribution in [0, 0.1) is 0 Å². The lowest BCUT2D eigenvalue weighted by Gasteiger charge is -2.22. The maximum atomic E-state index is 5.70. The molecule has 0 bridgehead atoms. The van der Waals surface area contributed by atoms with Gasteiger partial charge in [0.2, 0.25) is 0 Å². The number of alkyl halides is 1. The van der Waals surface area contributed by atoms with Crippen LogP contribution in [0.25, 0.3) is 0 Å². The van der Waals surface area contributed by atoms with Crippen LogP contribution in [0.1, 0.15) is 24.4 Å². The highest BCUT2D eigenvalue weighted by molar-refractivity contribution is 6.17. The van der Waals surface area contributed by atoms with Gasteiger partial charge >= 0.3 is 0 Å². The van der Waals surface area contributed by atoms with Crippen molar-refractivity contribution in [3.8, 4) is 0 Å². The molecule has 72 valence electrons. The zero-order valence-corrected chi connectivity index (χ0v) is 8.20. The van der Waals surface area contributed by atoms with Crippen LogP contribution >= 0.6 is 11.6 Å². The molecule has 0 spiro atoms. The van der Waals surface area contributed by atoms with E-state index < -0.39 is 0 Å². The fourth-order valence-electron chi connectivity index (χ4n) is 1.60. The molecule has 0 amide bonds. The molecule has 1 aliphatic rings. The van der Waals surface area contributed by atoms with Crippen molar-refractivity contribution in [3.05, 3.63) is 18.0 Å². The van der Waals surface area contributed by atoms with Crippen molar-refractivity contribution >= 4 is 11.6 Å². The van der Waals surface area contributed by atoms with Gasteiger partial charge in [0.25, 0.3) is 0 Å².